The maximum atomic E-state index is 11.3. The molecular formula is C12H16O4. The van der Waals surface area contributed by atoms with Gasteiger partial charge >= 0.3 is 11.9 Å². The van der Waals surface area contributed by atoms with Crippen LogP contribution in [0.4, 0.5) is 0 Å². The van der Waals surface area contributed by atoms with Crippen LogP contribution in [0.25, 0.3) is 0 Å². The van der Waals surface area contributed by atoms with E-state index in [9.17, 15) is 9.59 Å². The zero-order valence-electron chi connectivity index (χ0n) is 9.47. The summed E-state index contributed by atoms with van der Waals surface area (Å²) in [6, 6.07) is 0. The summed E-state index contributed by atoms with van der Waals surface area (Å²) in [7, 11) is 0. The molecule has 2 aliphatic carbocycles. The first kappa shape index (κ1) is 11.2. The molecule has 0 heterocycles. The minimum Gasteiger partial charge on any atom is -0.481 e. The van der Waals surface area contributed by atoms with Gasteiger partial charge in [-0.3, -0.25) is 4.79 Å². The van der Waals surface area contributed by atoms with Gasteiger partial charge in [-0.2, -0.15) is 0 Å². The van der Waals surface area contributed by atoms with E-state index in [1.807, 2.05) is 13.8 Å². The predicted molar refractivity (Wildman–Crippen MR) is 56.7 cm³/mol. The van der Waals surface area contributed by atoms with Crippen LogP contribution in [-0.4, -0.2) is 23.1 Å². The quantitative estimate of drug-likeness (QED) is 0.582. The maximum absolute atomic E-state index is 11.3. The number of carboxylic acids is 1. The second kappa shape index (κ2) is 3.61. The minimum atomic E-state index is -0.796. The van der Waals surface area contributed by atoms with Crippen molar-refractivity contribution in [3.63, 3.8) is 0 Å². The van der Waals surface area contributed by atoms with E-state index in [2.05, 4.69) is 0 Å². The lowest BCUT2D eigenvalue weighted by atomic mass is 10.1. The molecule has 0 radical (unpaired) electrons. The lowest BCUT2D eigenvalue weighted by molar-refractivity contribution is -0.140. The van der Waals surface area contributed by atoms with Crippen LogP contribution in [0.15, 0.2) is 12.2 Å². The summed E-state index contributed by atoms with van der Waals surface area (Å²) < 4.78 is 5.03. The molecule has 0 saturated heterocycles. The van der Waals surface area contributed by atoms with Crippen LogP contribution >= 0.6 is 0 Å². The zero-order chi connectivity index (χ0) is 11.9. The summed E-state index contributed by atoms with van der Waals surface area (Å²) in [5.41, 5.74) is -0.248. The second-order valence-electron chi connectivity index (χ2n) is 5.16. The molecule has 0 amide bonds. The highest BCUT2D eigenvalue weighted by Gasteiger charge is 2.60. The lowest BCUT2D eigenvalue weighted by Crippen LogP contribution is -2.03. The molecule has 0 aromatic heterocycles. The molecule has 2 rings (SSSR count). The lowest BCUT2D eigenvalue weighted by Gasteiger charge is -1.97. The summed E-state index contributed by atoms with van der Waals surface area (Å²) in [5.74, 6) is -1.58. The number of carbonyl (C=O) groups excluding carboxylic acids is 1. The maximum Gasteiger partial charge on any atom is 0.330 e. The van der Waals surface area contributed by atoms with Crippen molar-refractivity contribution < 1.29 is 19.4 Å². The van der Waals surface area contributed by atoms with Crippen molar-refractivity contribution in [2.75, 3.05) is 0 Å². The first-order valence-corrected chi connectivity index (χ1v) is 5.54. The Morgan fingerprint density at radius 3 is 2.44 bits per heavy atom. The Labute approximate surface area is 94.3 Å². The molecule has 2 unspecified atom stereocenters. The van der Waals surface area contributed by atoms with Gasteiger partial charge in [-0.05, 0) is 24.2 Å². The zero-order valence-corrected chi connectivity index (χ0v) is 9.47. The van der Waals surface area contributed by atoms with Gasteiger partial charge in [0.05, 0.1) is 5.92 Å². The van der Waals surface area contributed by atoms with E-state index in [4.69, 9.17) is 9.84 Å². The van der Waals surface area contributed by atoms with Crippen LogP contribution in [-0.2, 0) is 14.3 Å². The number of ether oxygens (including phenoxy) is 1. The Morgan fingerprint density at radius 2 is 2.00 bits per heavy atom. The average molecular weight is 224 g/mol. The monoisotopic (exact) mass is 224 g/mol. The fourth-order valence-corrected chi connectivity index (χ4v) is 2.08. The normalized spacial score (nSPS) is 31.4. The SMILES string of the molecule is CC1(C)C(/C=C/C(=O)OC2CC2)C1C(=O)O. The first-order chi connectivity index (χ1) is 7.43. The van der Waals surface area contributed by atoms with Gasteiger partial charge in [0, 0.05) is 6.08 Å². The van der Waals surface area contributed by atoms with E-state index < -0.39 is 5.97 Å². The van der Waals surface area contributed by atoms with Crippen LogP contribution in [0.2, 0.25) is 0 Å². The molecule has 88 valence electrons. The number of hydrogen-bond donors (Lipinski definition) is 1. The van der Waals surface area contributed by atoms with Gasteiger partial charge in [0.25, 0.3) is 0 Å². The number of carboxylic acid groups (broad SMARTS) is 1. The fraction of sp³-hybridized carbons (Fsp3) is 0.667. The third kappa shape index (κ3) is 2.10. The van der Waals surface area contributed by atoms with Crippen molar-refractivity contribution in [1.29, 1.82) is 0 Å². The Kier molecular flexibility index (Phi) is 2.52. The highest BCUT2D eigenvalue weighted by Crippen LogP contribution is 2.59. The van der Waals surface area contributed by atoms with Crippen molar-refractivity contribution in [3.05, 3.63) is 12.2 Å². The molecule has 1 N–H and O–H groups in total. The van der Waals surface area contributed by atoms with E-state index in [0.29, 0.717) is 0 Å². The topological polar surface area (TPSA) is 63.6 Å². The minimum absolute atomic E-state index is 0.0586. The molecule has 4 nitrogen and oxygen atoms in total. The Balaban J connectivity index is 1.87. The Hall–Kier alpha value is -1.32. The molecule has 4 heteroatoms. The molecule has 0 aliphatic heterocycles. The third-order valence-corrected chi connectivity index (χ3v) is 3.42. The van der Waals surface area contributed by atoms with Crippen molar-refractivity contribution in [3.8, 4) is 0 Å². The molecule has 2 aliphatic rings. The van der Waals surface area contributed by atoms with Gasteiger partial charge in [0.15, 0.2) is 0 Å². The van der Waals surface area contributed by atoms with Gasteiger partial charge in [-0.15, -0.1) is 0 Å². The van der Waals surface area contributed by atoms with Crippen LogP contribution in [0.1, 0.15) is 26.7 Å². The summed E-state index contributed by atoms with van der Waals surface area (Å²) in [5, 5.41) is 8.93. The average Bonchev–Trinajstić information content (AvgIpc) is 3.01. The second-order valence-corrected chi connectivity index (χ2v) is 5.16. The summed E-state index contributed by atoms with van der Waals surface area (Å²) in [6.45, 7) is 3.79. The number of allylic oxidation sites excluding steroid dienone is 1. The number of carbonyl (C=O) groups is 2. The van der Waals surface area contributed by atoms with Crippen LogP contribution in [0.3, 0.4) is 0 Å². The molecule has 2 atom stereocenters. The van der Waals surface area contributed by atoms with Crippen molar-refractivity contribution in [2.45, 2.75) is 32.8 Å². The number of esters is 1. The van der Waals surface area contributed by atoms with Gasteiger partial charge in [-0.1, -0.05) is 19.9 Å². The van der Waals surface area contributed by atoms with E-state index in [1.54, 1.807) is 6.08 Å². The molecular weight excluding hydrogens is 208 g/mol. The van der Waals surface area contributed by atoms with E-state index in [-0.39, 0.29) is 29.3 Å². The molecule has 16 heavy (non-hydrogen) atoms. The number of hydrogen-bond acceptors (Lipinski definition) is 3. The summed E-state index contributed by atoms with van der Waals surface area (Å²) in [6.07, 6.45) is 5.04. The van der Waals surface area contributed by atoms with Crippen LogP contribution < -0.4 is 0 Å². The highest BCUT2D eigenvalue weighted by molar-refractivity contribution is 5.83. The first-order valence-electron chi connectivity index (χ1n) is 5.54. The van der Waals surface area contributed by atoms with Gasteiger partial charge in [0.2, 0.25) is 0 Å². The van der Waals surface area contributed by atoms with Gasteiger partial charge in [0.1, 0.15) is 6.10 Å². The van der Waals surface area contributed by atoms with Gasteiger partial charge in [-0.25, -0.2) is 4.79 Å². The predicted octanol–water partition coefficient (Wildman–Crippen LogP) is 1.60. The summed E-state index contributed by atoms with van der Waals surface area (Å²) >= 11 is 0. The molecule has 0 spiro atoms. The number of aliphatic carboxylic acids is 1. The summed E-state index contributed by atoms with van der Waals surface area (Å²) in [4.78, 5) is 22.1. The van der Waals surface area contributed by atoms with E-state index >= 15 is 0 Å². The van der Waals surface area contributed by atoms with E-state index in [1.165, 1.54) is 6.08 Å². The highest BCUT2D eigenvalue weighted by atomic mass is 16.5. The molecule has 0 aromatic rings. The van der Waals surface area contributed by atoms with Crippen LogP contribution in [0.5, 0.6) is 0 Å². The number of rotatable bonds is 4. The Bertz CT molecular complexity index is 352. The van der Waals surface area contributed by atoms with Crippen molar-refractivity contribution >= 4 is 11.9 Å². The van der Waals surface area contributed by atoms with Crippen molar-refractivity contribution in [1.82, 2.24) is 0 Å². The smallest absolute Gasteiger partial charge is 0.330 e. The standard InChI is InChI=1S/C12H16O4/c1-12(2)8(10(12)11(14)15)5-6-9(13)16-7-3-4-7/h5-8,10H,3-4H2,1-2H3,(H,14,15)/b6-5+. The Morgan fingerprint density at radius 1 is 1.38 bits per heavy atom. The fourth-order valence-electron chi connectivity index (χ4n) is 2.08. The largest absolute Gasteiger partial charge is 0.481 e. The molecule has 0 aromatic carbocycles. The van der Waals surface area contributed by atoms with Crippen LogP contribution in [0, 0.1) is 17.3 Å². The van der Waals surface area contributed by atoms with E-state index in [0.717, 1.165) is 12.8 Å². The molecule has 0 bridgehead atoms. The molecule has 2 fully saturated rings. The third-order valence-electron chi connectivity index (χ3n) is 3.42. The molecule has 2 saturated carbocycles. The van der Waals surface area contributed by atoms with Gasteiger partial charge < -0.3 is 9.84 Å². The van der Waals surface area contributed by atoms with Crippen molar-refractivity contribution in [2.24, 2.45) is 17.3 Å².